The highest BCUT2D eigenvalue weighted by Gasteiger charge is 2.73. The number of aliphatic hydroxyl groups is 1. The van der Waals surface area contributed by atoms with Crippen LogP contribution in [0.5, 0.6) is 5.75 Å². The van der Waals surface area contributed by atoms with Gasteiger partial charge in [0.1, 0.15) is 11.8 Å². The highest BCUT2D eigenvalue weighted by Crippen LogP contribution is 2.66. The molecule has 3 fully saturated rings. The molecule has 3 amide bonds. The predicted molar refractivity (Wildman–Crippen MR) is 144 cm³/mol. The number of hydrogen-bond donors (Lipinski definition) is 3. The number of likely N-dealkylation sites (tertiary alicyclic amines) is 1. The zero-order valence-electron chi connectivity index (χ0n) is 20.5. The van der Waals surface area contributed by atoms with Crippen LogP contribution in [0.1, 0.15) is 26.2 Å². The molecule has 2 aromatic rings. The third kappa shape index (κ3) is 4.69. The molecule has 196 valence electrons. The predicted octanol–water partition coefficient (Wildman–Crippen LogP) is 3.79. The Morgan fingerprint density at radius 1 is 1.11 bits per heavy atom. The van der Waals surface area contributed by atoms with Gasteiger partial charge in [-0.2, -0.15) is 0 Å². The molecular weight excluding hydrogens is 514 g/mol. The molecule has 1 spiro atoms. The van der Waals surface area contributed by atoms with Gasteiger partial charge in [0.25, 0.3) is 0 Å². The Balaban J connectivity index is 1.40. The van der Waals surface area contributed by atoms with Gasteiger partial charge in [-0.25, -0.2) is 0 Å². The van der Waals surface area contributed by atoms with Gasteiger partial charge in [-0.3, -0.25) is 14.4 Å². The SMILES string of the molecule is CCOc1ccc(NC(=O)[C@@H]2[C@H]3C(=O)N(CCCO)C(C(=O)Nc4ccc(Cl)cc4)C34CC[C@H]2S4)cc1. The molecule has 5 atom stereocenters. The van der Waals surface area contributed by atoms with Crippen molar-refractivity contribution in [1.29, 1.82) is 0 Å². The molecule has 2 bridgehead atoms. The number of fused-ring (bicyclic) bond motifs is 1. The van der Waals surface area contributed by atoms with Crippen LogP contribution in [0.3, 0.4) is 0 Å². The maximum Gasteiger partial charge on any atom is 0.248 e. The number of aliphatic hydroxyl groups excluding tert-OH is 1. The van der Waals surface area contributed by atoms with E-state index < -0.39 is 22.6 Å². The summed E-state index contributed by atoms with van der Waals surface area (Å²) in [5.41, 5.74) is 1.22. The minimum Gasteiger partial charge on any atom is -0.494 e. The summed E-state index contributed by atoms with van der Waals surface area (Å²) >= 11 is 7.59. The number of carbonyl (C=O) groups excluding carboxylic acids is 3. The van der Waals surface area contributed by atoms with Crippen LogP contribution in [-0.2, 0) is 14.4 Å². The Bertz CT molecular complexity index is 1180. The summed E-state index contributed by atoms with van der Waals surface area (Å²) in [6, 6.07) is 13.3. The van der Waals surface area contributed by atoms with Crippen molar-refractivity contribution in [3.8, 4) is 5.75 Å². The van der Waals surface area contributed by atoms with Crippen LogP contribution in [0.2, 0.25) is 5.02 Å². The number of nitrogens with one attached hydrogen (secondary N) is 2. The van der Waals surface area contributed by atoms with E-state index in [1.54, 1.807) is 65.2 Å². The average Bonchev–Trinajstić information content (AvgIpc) is 3.53. The van der Waals surface area contributed by atoms with E-state index in [9.17, 15) is 19.5 Å². The van der Waals surface area contributed by atoms with E-state index in [2.05, 4.69) is 10.6 Å². The second-order valence-corrected chi connectivity index (χ2v) is 11.6. The van der Waals surface area contributed by atoms with E-state index in [1.165, 1.54) is 0 Å². The number of amides is 3. The molecule has 0 aliphatic carbocycles. The topological polar surface area (TPSA) is 108 Å². The van der Waals surface area contributed by atoms with Crippen LogP contribution in [0.25, 0.3) is 0 Å². The van der Waals surface area contributed by atoms with Gasteiger partial charge in [-0.15, -0.1) is 11.8 Å². The number of hydrogen-bond acceptors (Lipinski definition) is 6. The maximum atomic E-state index is 13.8. The van der Waals surface area contributed by atoms with E-state index in [4.69, 9.17) is 16.3 Å². The number of thioether (sulfide) groups is 1. The van der Waals surface area contributed by atoms with Crippen LogP contribution in [0, 0.1) is 11.8 Å². The van der Waals surface area contributed by atoms with E-state index in [-0.39, 0.29) is 36.1 Å². The molecular formula is C27H30ClN3O5S. The summed E-state index contributed by atoms with van der Waals surface area (Å²) in [5.74, 6) is -1.10. The van der Waals surface area contributed by atoms with Crippen molar-refractivity contribution in [3.05, 3.63) is 53.6 Å². The number of halogens is 1. The molecule has 0 aromatic heterocycles. The van der Waals surface area contributed by atoms with Gasteiger partial charge in [0.05, 0.1) is 23.2 Å². The number of anilines is 2. The highest BCUT2D eigenvalue weighted by molar-refractivity contribution is 8.02. The van der Waals surface area contributed by atoms with Crippen molar-refractivity contribution in [2.24, 2.45) is 11.8 Å². The Kier molecular flexibility index (Phi) is 7.38. The van der Waals surface area contributed by atoms with Gasteiger partial charge in [0, 0.05) is 34.8 Å². The second-order valence-electron chi connectivity index (χ2n) is 9.61. The molecule has 5 rings (SSSR count). The third-order valence-electron chi connectivity index (χ3n) is 7.45. The van der Waals surface area contributed by atoms with E-state index >= 15 is 0 Å². The van der Waals surface area contributed by atoms with Crippen molar-refractivity contribution in [2.45, 2.75) is 42.2 Å². The quantitative estimate of drug-likeness (QED) is 0.444. The van der Waals surface area contributed by atoms with Crippen LogP contribution < -0.4 is 15.4 Å². The molecule has 3 heterocycles. The van der Waals surface area contributed by atoms with E-state index in [1.807, 2.05) is 6.92 Å². The van der Waals surface area contributed by atoms with Crippen molar-refractivity contribution < 1.29 is 24.2 Å². The summed E-state index contributed by atoms with van der Waals surface area (Å²) in [7, 11) is 0. The Morgan fingerprint density at radius 2 is 1.76 bits per heavy atom. The standard InChI is InChI=1S/C27H30ClN3O5S/c1-2-36-19-10-8-18(9-11-19)29-24(33)21-20-12-13-27(37-20)22(21)26(35)31(14-3-15-32)23(27)25(34)30-17-6-4-16(28)5-7-17/h4-11,20-23,32H,2-3,12-15H2,1H3,(H,29,33)(H,30,34)/t20-,21+,22+,23?,27?/m1/s1. The first kappa shape index (κ1) is 25.9. The van der Waals surface area contributed by atoms with Gasteiger partial charge < -0.3 is 25.4 Å². The number of ether oxygens (including phenoxy) is 1. The van der Waals surface area contributed by atoms with Crippen molar-refractivity contribution in [2.75, 3.05) is 30.4 Å². The molecule has 0 saturated carbocycles. The minimum atomic E-state index is -0.731. The zero-order chi connectivity index (χ0) is 26.2. The summed E-state index contributed by atoms with van der Waals surface area (Å²) in [6.07, 6.45) is 1.80. The van der Waals surface area contributed by atoms with Gasteiger partial charge in [0.15, 0.2) is 0 Å². The van der Waals surface area contributed by atoms with Gasteiger partial charge in [-0.1, -0.05) is 11.6 Å². The lowest BCUT2D eigenvalue weighted by molar-refractivity contribution is -0.138. The Labute approximate surface area is 225 Å². The molecule has 3 saturated heterocycles. The maximum absolute atomic E-state index is 13.8. The Hall–Kier alpha value is -2.75. The molecule has 2 aromatic carbocycles. The number of nitrogens with zero attached hydrogens (tertiary/aromatic N) is 1. The van der Waals surface area contributed by atoms with Gasteiger partial charge >= 0.3 is 0 Å². The first-order chi connectivity index (χ1) is 17.9. The fraction of sp³-hybridized carbons (Fsp3) is 0.444. The molecule has 3 N–H and O–H groups in total. The lowest BCUT2D eigenvalue weighted by atomic mass is 9.70. The Morgan fingerprint density at radius 3 is 2.41 bits per heavy atom. The van der Waals surface area contributed by atoms with Crippen molar-refractivity contribution in [1.82, 2.24) is 4.90 Å². The number of carbonyl (C=O) groups is 3. The second kappa shape index (κ2) is 10.6. The first-order valence-electron chi connectivity index (χ1n) is 12.6. The summed E-state index contributed by atoms with van der Waals surface area (Å²) in [5, 5.41) is 15.9. The largest absolute Gasteiger partial charge is 0.494 e. The molecule has 10 heteroatoms. The zero-order valence-corrected chi connectivity index (χ0v) is 22.1. The molecule has 3 aliphatic rings. The van der Waals surface area contributed by atoms with Crippen LogP contribution >= 0.6 is 23.4 Å². The lowest BCUT2D eigenvalue weighted by Gasteiger charge is -2.34. The molecule has 37 heavy (non-hydrogen) atoms. The average molecular weight is 544 g/mol. The van der Waals surface area contributed by atoms with Crippen molar-refractivity contribution >= 4 is 52.5 Å². The number of benzene rings is 2. The third-order valence-corrected chi connectivity index (χ3v) is 9.66. The molecule has 3 aliphatic heterocycles. The summed E-state index contributed by atoms with van der Waals surface area (Å²) in [4.78, 5) is 42.6. The summed E-state index contributed by atoms with van der Waals surface area (Å²) < 4.78 is 4.79. The lowest BCUT2D eigenvalue weighted by Crippen LogP contribution is -2.51. The van der Waals surface area contributed by atoms with Gasteiger partial charge in [0.2, 0.25) is 17.7 Å². The fourth-order valence-electron chi connectivity index (χ4n) is 6.01. The van der Waals surface area contributed by atoms with E-state index in [0.29, 0.717) is 35.8 Å². The highest BCUT2D eigenvalue weighted by atomic mass is 35.5. The fourth-order valence-corrected chi connectivity index (χ4v) is 8.35. The van der Waals surface area contributed by atoms with Crippen LogP contribution in [-0.4, -0.2) is 63.5 Å². The summed E-state index contributed by atoms with van der Waals surface area (Å²) in [6.45, 7) is 2.62. The molecule has 0 radical (unpaired) electrons. The molecule has 2 unspecified atom stereocenters. The van der Waals surface area contributed by atoms with Gasteiger partial charge in [-0.05, 0) is 74.7 Å². The van der Waals surface area contributed by atoms with Crippen LogP contribution in [0.15, 0.2) is 48.5 Å². The first-order valence-corrected chi connectivity index (χ1v) is 13.8. The van der Waals surface area contributed by atoms with Crippen molar-refractivity contribution in [3.63, 3.8) is 0 Å². The smallest absolute Gasteiger partial charge is 0.248 e. The monoisotopic (exact) mass is 543 g/mol. The van der Waals surface area contributed by atoms with Crippen LogP contribution in [0.4, 0.5) is 11.4 Å². The minimum absolute atomic E-state index is 0.0394. The molecule has 8 nitrogen and oxygen atoms in total. The number of rotatable bonds is 9. The normalized spacial score (nSPS) is 27.8. The van der Waals surface area contributed by atoms with E-state index in [0.717, 1.165) is 12.2 Å².